The minimum atomic E-state index is -2.96. The number of para-hydroxylation sites is 1. The Bertz CT molecular complexity index is 683. The average Bonchev–Trinajstić information content (AvgIpc) is 2.78. The Morgan fingerprint density at radius 3 is 2.65 bits per heavy atom. The van der Waals surface area contributed by atoms with E-state index in [1.807, 2.05) is 12.1 Å². The molecule has 0 aromatic heterocycles. The first-order chi connectivity index (χ1) is 10.7. The van der Waals surface area contributed by atoms with Gasteiger partial charge in [-0.1, -0.05) is 18.2 Å². The highest BCUT2D eigenvalue weighted by molar-refractivity contribution is 7.91. The molecule has 0 radical (unpaired) electrons. The van der Waals surface area contributed by atoms with Gasteiger partial charge in [0.15, 0.2) is 9.84 Å². The molecule has 0 unspecified atom stereocenters. The Hall–Kier alpha value is -1.11. The van der Waals surface area contributed by atoms with Crippen LogP contribution in [0.2, 0.25) is 0 Å². The van der Waals surface area contributed by atoms with Gasteiger partial charge in [-0.25, -0.2) is 8.42 Å². The van der Waals surface area contributed by atoms with Crippen molar-refractivity contribution in [2.45, 2.75) is 50.9 Å². The van der Waals surface area contributed by atoms with Crippen LogP contribution in [0.25, 0.3) is 0 Å². The minimum Gasteiger partial charge on any atom is -0.487 e. The molecule has 1 fully saturated rings. The van der Waals surface area contributed by atoms with Crippen LogP contribution in [0.15, 0.2) is 18.2 Å². The standard InChI is InChI=1S/C17H25NO4S/c1-16(2)10-13-4-3-5-14(15(13)22-16)11-18-12-17(19)6-8-23(20,21)9-7-17/h3-5,18-19H,6-12H2,1-2H3. The molecule has 2 aliphatic heterocycles. The normalized spacial score (nSPS) is 24.0. The Balaban J connectivity index is 1.60. The van der Waals surface area contributed by atoms with Crippen LogP contribution in [0, 0.1) is 0 Å². The number of fused-ring (bicyclic) bond motifs is 1. The summed E-state index contributed by atoms with van der Waals surface area (Å²) in [6, 6.07) is 6.15. The van der Waals surface area contributed by atoms with Crippen LogP contribution in [0.4, 0.5) is 0 Å². The Kier molecular flexibility index (Phi) is 4.19. The van der Waals surface area contributed by atoms with Crippen LogP contribution in [0.5, 0.6) is 5.75 Å². The molecule has 0 saturated carbocycles. The van der Waals surface area contributed by atoms with Gasteiger partial charge >= 0.3 is 0 Å². The number of benzene rings is 1. The monoisotopic (exact) mass is 339 g/mol. The summed E-state index contributed by atoms with van der Waals surface area (Å²) in [6.45, 7) is 5.16. The lowest BCUT2D eigenvalue weighted by molar-refractivity contribution is 0.0302. The third-order valence-corrected chi connectivity index (χ3v) is 6.35. The first-order valence-corrected chi connectivity index (χ1v) is 9.94. The maximum atomic E-state index is 11.5. The molecule has 2 N–H and O–H groups in total. The highest BCUT2D eigenvalue weighted by Gasteiger charge is 2.35. The Morgan fingerprint density at radius 2 is 1.96 bits per heavy atom. The van der Waals surface area contributed by atoms with Gasteiger partial charge in [-0.2, -0.15) is 0 Å². The quantitative estimate of drug-likeness (QED) is 0.868. The summed E-state index contributed by atoms with van der Waals surface area (Å²) in [6.07, 6.45) is 1.51. The van der Waals surface area contributed by atoms with Crippen LogP contribution in [0.3, 0.4) is 0 Å². The zero-order chi connectivity index (χ0) is 16.7. The molecule has 1 saturated heterocycles. The van der Waals surface area contributed by atoms with E-state index in [1.54, 1.807) is 0 Å². The number of rotatable bonds is 4. The molecule has 5 nitrogen and oxygen atoms in total. The predicted octanol–water partition coefficient (Wildman–Crippen LogP) is 1.43. The maximum Gasteiger partial charge on any atom is 0.150 e. The largest absolute Gasteiger partial charge is 0.487 e. The highest BCUT2D eigenvalue weighted by atomic mass is 32.2. The third-order valence-electron chi connectivity index (χ3n) is 4.70. The van der Waals surface area contributed by atoms with Gasteiger partial charge in [0.2, 0.25) is 0 Å². The minimum absolute atomic E-state index is 0.0726. The van der Waals surface area contributed by atoms with Crippen molar-refractivity contribution in [3.8, 4) is 5.75 Å². The second-order valence-corrected chi connectivity index (χ2v) is 9.73. The molecule has 1 aromatic rings. The summed E-state index contributed by atoms with van der Waals surface area (Å²) < 4.78 is 29.0. The van der Waals surface area contributed by atoms with Crippen molar-refractivity contribution < 1.29 is 18.3 Å². The molecule has 2 aliphatic rings. The maximum absolute atomic E-state index is 11.5. The lowest BCUT2D eigenvalue weighted by Crippen LogP contribution is -2.46. The third kappa shape index (κ3) is 3.87. The van der Waals surface area contributed by atoms with E-state index >= 15 is 0 Å². The van der Waals surface area contributed by atoms with Gasteiger partial charge in [0.1, 0.15) is 11.4 Å². The van der Waals surface area contributed by atoms with Crippen molar-refractivity contribution in [2.75, 3.05) is 18.1 Å². The van der Waals surface area contributed by atoms with Crippen molar-refractivity contribution in [3.05, 3.63) is 29.3 Å². The van der Waals surface area contributed by atoms with Crippen molar-refractivity contribution in [3.63, 3.8) is 0 Å². The summed E-state index contributed by atoms with van der Waals surface area (Å²) in [4.78, 5) is 0. The van der Waals surface area contributed by atoms with Gasteiger partial charge in [0.25, 0.3) is 0 Å². The number of hydrogen-bond donors (Lipinski definition) is 2. The summed E-state index contributed by atoms with van der Waals surface area (Å²) >= 11 is 0. The second-order valence-electron chi connectivity index (χ2n) is 7.42. The van der Waals surface area contributed by atoms with Gasteiger partial charge in [-0.3, -0.25) is 0 Å². The van der Waals surface area contributed by atoms with E-state index in [0.717, 1.165) is 17.7 Å². The van der Waals surface area contributed by atoms with Crippen molar-refractivity contribution in [1.29, 1.82) is 0 Å². The summed E-state index contributed by atoms with van der Waals surface area (Å²) in [5.41, 5.74) is 1.20. The highest BCUT2D eigenvalue weighted by Crippen LogP contribution is 2.37. The van der Waals surface area contributed by atoms with Crippen LogP contribution in [-0.2, 0) is 22.8 Å². The molecule has 6 heteroatoms. The van der Waals surface area contributed by atoms with Crippen LogP contribution in [-0.4, -0.2) is 42.8 Å². The van der Waals surface area contributed by atoms with E-state index in [2.05, 4.69) is 25.2 Å². The van der Waals surface area contributed by atoms with Crippen LogP contribution < -0.4 is 10.1 Å². The molecule has 0 bridgehead atoms. The fourth-order valence-electron chi connectivity index (χ4n) is 3.34. The number of hydrogen-bond acceptors (Lipinski definition) is 5. The molecule has 23 heavy (non-hydrogen) atoms. The molecule has 3 rings (SSSR count). The van der Waals surface area contributed by atoms with E-state index in [4.69, 9.17) is 4.74 Å². The van der Waals surface area contributed by atoms with Gasteiger partial charge < -0.3 is 15.2 Å². The molecule has 128 valence electrons. The summed E-state index contributed by atoms with van der Waals surface area (Å²) in [7, 11) is -2.96. The molecule has 1 aromatic carbocycles. The number of nitrogens with one attached hydrogen (secondary N) is 1. The van der Waals surface area contributed by atoms with Crippen molar-refractivity contribution in [1.82, 2.24) is 5.32 Å². The predicted molar refractivity (Wildman–Crippen MR) is 89.4 cm³/mol. The van der Waals surface area contributed by atoms with Crippen LogP contribution >= 0.6 is 0 Å². The number of aliphatic hydroxyl groups is 1. The lowest BCUT2D eigenvalue weighted by atomic mass is 9.96. The number of ether oxygens (including phenoxy) is 1. The Morgan fingerprint density at radius 1 is 1.26 bits per heavy atom. The number of sulfone groups is 1. The Labute approximate surface area is 138 Å². The SMILES string of the molecule is CC1(C)Cc2cccc(CNCC3(O)CCS(=O)(=O)CC3)c2O1. The molecular weight excluding hydrogens is 314 g/mol. The van der Waals surface area contributed by atoms with Gasteiger partial charge in [0.05, 0.1) is 17.1 Å². The first-order valence-electron chi connectivity index (χ1n) is 8.11. The van der Waals surface area contributed by atoms with E-state index < -0.39 is 15.4 Å². The van der Waals surface area contributed by atoms with Crippen LogP contribution in [0.1, 0.15) is 37.8 Å². The summed E-state index contributed by atoms with van der Waals surface area (Å²) in [5.74, 6) is 1.09. The lowest BCUT2D eigenvalue weighted by Gasteiger charge is -2.32. The molecule has 0 atom stereocenters. The average molecular weight is 339 g/mol. The fraction of sp³-hybridized carbons (Fsp3) is 0.647. The first kappa shape index (κ1) is 16.7. The van der Waals surface area contributed by atoms with Crippen molar-refractivity contribution in [2.24, 2.45) is 0 Å². The van der Waals surface area contributed by atoms with Gasteiger partial charge in [-0.05, 0) is 32.3 Å². The van der Waals surface area contributed by atoms with Crippen molar-refractivity contribution >= 4 is 9.84 Å². The molecule has 2 heterocycles. The molecule has 0 spiro atoms. The van der Waals surface area contributed by atoms with E-state index in [-0.39, 0.29) is 17.1 Å². The zero-order valence-electron chi connectivity index (χ0n) is 13.8. The second kappa shape index (κ2) is 5.76. The smallest absolute Gasteiger partial charge is 0.150 e. The topological polar surface area (TPSA) is 75.6 Å². The molecule has 0 aliphatic carbocycles. The summed E-state index contributed by atoms with van der Waals surface area (Å²) in [5, 5.41) is 13.8. The zero-order valence-corrected chi connectivity index (χ0v) is 14.6. The fourth-order valence-corrected chi connectivity index (χ4v) is 4.93. The molecular formula is C17H25NO4S. The molecule has 0 amide bonds. The van der Waals surface area contributed by atoms with Gasteiger partial charge in [0, 0.05) is 25.1 Å². The van der Waals surface area contributed by atoms with E-state index in [0.29, 0.717) is 25.9 Å². The van der Waals surface area contributed by atoms with Gasteiger partial charge in [-0.15, -0.1) is 0 Å². The van der Waals surface area contributed by atoms with E-state index in [9.17, 15) is 13.5 Å². The van der Waals surface area contributed by atoms with E-state index in [1.165, 1.54) is 5.56 Å².